The van der Waals surface area contributed by atoms with Crippen LogP contribution in [0.2, 0.25) is 0 Å². The number of rotatable bonds is 6. The van der Waals surface area contributed by atoms with Crippen molar-refractivity contribution in [3.05, 3.63) is 24.2 Å². The van der Waals surface area contributed by atoms with E-state index in [0.29, 0.717) is 26.2 Å². The number of hydrogen-bond donors (Lipinski definition) is 1. The summed E-state index contributed by atoms with van der Waals surface area (Å²) in [7, 11) is -3.08. The predicted octanol–water partition coefficient (Wildman–Crippen LogP) is 1.23. The molecule has 29 heavy (non-hydrogen) atoms. The molecule has 0 atom stereocenters. The Morgan fingerprint density at radius 3 is 2.69 bits per heavy atom. The molecule has 2 fully saturated rings. The van der Waals surface area contributed by atoms with E-state index in [-0.39, 0.29) is 29.7 Å². The van der Waals surface area contributed by atoms with E-state index in [1.54, 1.807) is 20.1 Å². The minimum atomic E-state index is -3.08. The monoisotopic (exact) mass is 540 g/mol. The molecule has 1 N–H and O–H groups in total. The van der Waals surface area contributed by atoms with Gasteiger partial charge in [0.05, 0.1) is 36.5 Å². The molecule has 2 aliphatic heterocycles. The third-order valence-electron chi connectivity index (χ3n) is 5.36. The summed E-state index contributed by atoms with van der Waals surface area (Å²) >= 11 is 0. The second kappa shape index (κ2) is 11.0. The number of nitrogens with one attached hydrogen (secondary N) is 1. The molecule has 0 saturated carbocycles. The first-order valence-electron chi connectivity index (χ1n) is 9.95. The van der Waals surface area contributed by atoms with E-state index in [0.717, 1.165) is 51.0 Å². The fraction of sp³-hybridized carbons (Fsp3) is 0.737. The van der Waals surface area contributed by atoms with E-state index >= 15 is 0 Å². The van der Waals surface area contributed by atoms with Crippen molar-refractivity contribution in [3.8, 4) is 0 Å². The number of furan rings is 1. The molecule has 3 heterocycles. The van der Waals surface area contributed by atoms with Gasteiger partial charge in [-0.05, 0) is 26.0 Å². The zero-order chi connectivity index (χ0) is 20.0. The van der Waals surface area contributed by atoms with E-state index in [9.17, 15) is 8.42 Å². The van der Waals surface area contributed by atoms with Crippen LogP contribution in [0.3, 0.4) is 0 Å². The van der Waals surface area contributed by atoms with E-state index in [4.69, 9.17) is 14.1 Å². The molecule has 0 aliphatic carbocycles. The van der Waals surface area contributed by atoms with Gasteiger partial charge in [0.1, 0.15) is 5.76 Å². The van der Waals surface area contributed by atoms with E-state index < -0.39 is 14.6 Å². The number of guanidine groups is 1. The summed E-state index contributed by atoms with van der Waals surface area (Å²) in [6.45, 7) is 10.2. The van der Waals surface area contributed by atoms with Crippen molar-refractivity contribution < 1.29 is 17.6 Å². The molecule has 10 heteroatoms. The summed E-state index contributed by atoms with van der Waals surface area (Å²) in [6.07, 6.45) is 2.43. The molecule has 8 nitrogen and oxygen atoms in total. The van der Waals surface area contributed by atoms with Crippen LogP contribution in [0.15, 0.2) is 27.8 Å². The molecule has 0 unspecified atom stereocenters. The Labute approximate surface area is 191 Å². The van der Waals surface area contributed by atoms with Gasteiger partial charge in [-0.3, -0.25) is 9.89 Å². The lowest BCUT2D eigenvalue weighted by Gasteiger charge is -2.39. The summed E-state index contributed by atoms with van der Waals surface area (Å²) in [5.41, 5.74) is 0. The maximum Gasteiger partial charge on any atom is 0.194 e. The SMILES string of the molecule is CC1(C)CN(C(=NCCN2CCOCC2)NCCc2ccco2)CCS1(=O)=O.I. The van der Waals surface area contributed by atoms with Gasteiger partial charge in [-0.25, -0.2) is 8.42 Å². The van der Waals surface area contributed by atoms with Crippen molar-refractivity contribution in [2.45, 2.75) is 25.0 Å². The van der Waals surface area contributed by atoms with Crippen molar-refractivity contribution in [2.24, 2.45) is 4.99 Å². The average molecular weight is 540 g/mol. The molecule has 0 spiro atoms. The van der Waals surface area contributed by atoms with Crippen molar-refractivity contribution in [1.82, 2.24) is 15.1 Å². The Balaban J connectivity index is 0.00000300. The highest BCUT2D eigenvalue weighted by atomic mass is 127. The van der Waals surface area contributed by atoms with Crippen LogP contribution < -0.4 is 5.32 Å². The van der Waals surface area contributed by atoms with E-state index in [1.165, 1.54) is 0 Å². The average Bonchev–Trinajstić information content (AvgIpc) is 3.17. The maximum absolute atomic E-state index is 12.3. The topological polar surface area (TPSA) is 87.4 Å². The summed E-state index contributed by atoms with van der Waals surface area (Å²) in [5, 5.41) is 3.41. The van der Waals surface area contributed by atoms with Crippen LogP contribution in [0.4, 0.5) is 0 Å². The first kappa shape index (κ1) is 24.4. The van der Waals surface area contributed by atoms with Crippen molar-refractivity contribution in [3.63, 3.8) is 0 Å². The van der Waals surface area contributed by atoms with Crippen LogP contribution in [-0.2, 0) is 21.0 Å². The zero-order valence-corrected chi connectivity index (χ0v) is 20.4. The Kier molecular flexibility index (Phi) is 9.23. The normalized spacial score (nSPS) is 22.1. The molecule has 2 aliphatic rings. The molecule has 0 bridgehead atoms. The molecule has 1 aromatic rings. The number of sulfone groups is 1. The molecule has 3 rings (SSSR count). The minimum absolute atomic E-state index is 0. The highest BCUT2D eigenvalue weighted by molar-refractivity contribution is 14.0. The summed E-state index contributed by atoms with van der Waals surface area (Å²) in [4.78, 5) is 9.21. The smallest absolute Gasteiger partial charge is 0.194 e. The quantitative estimate of drug-likeness (QED) is 0.330. The van der Waals surface area contributed by atoms with Crippen LogP contribution in [-0.4, -0.2) is 93.7 Å². The van der Waals surface area contributed by atoms with Crippen LogP contribution in [0.25, 0.3) is 0 Å². The molecule has 2 saturated heterocycles. The number of morpholine rings is 1. The Hall–Kier alpha value is -0.850. The molecule has 0 amide bonds. The Morgan fingerprint density at radius 1 is 1.28 bits per heavy atom. The van der Waals surface area contributed by atoms with E-state index in [2.05, 4.69) is 15.1 Å². The first-order valence-corrected chi connectivity index (χ1v) is 11.6. The van der Waals surface area contributed by atoms with Crippen LogP contribution in [0.1, 0.15) is 19.6 Å². The first-order chi connectivity index (χ1) is 13.4. The highest BCUT2D eigenvalue weighted by Crippen LogP contribution is 2.23. The van der Waals surface area contributed by atoms with Crippen LogP contribution in [0, 0.1) is 0 Å². The summed E-state index contributed by atoms with van der Waals surface area (Å²) in [6, 6.07) is 3.83. The Morgan fingerprint density at radius 2 is 2.03 bits per heavy atom. The highest BCUT2D eigenvalue weighted by Gasteiger charge is 2.41. The van der Waals surface area contributed by atoms with Gasteiger partial charge in [0.15, 0.2) is 15.8 Å². The van der Waals surface area contributed by atoms with Gasteiger partial charge < -0.3 is 19.4 Å². The van der Waals surface area contributed by atoms with Gasteiger partial charge in [0.25, 0.3) is 0 Å². The van der Waals surface area contributed by atoms with Gasteiger partial charge in [-0.1, -0.05) is 0 Å². The molecule has 166 valence electrons. The number of halogens is 1. The zero-order valence-electron chi connectivity index (χ0n) is 17.3. The van der Waals surface area contributed by atoms with Crippen molar-refractivity contribution >= 4 is 39.8 Å². The third kappa shape index (κ3) is 6.83. The minimum Gasteiger partial charge on any atom is -0.469 e. The summed E-state index contributed by atoms with van der Waals surface area (Å²) in [5.74, 6) is 1.85. The number of aliphatic imine (C=N–C) groups is 1. The lowest BCUT2D eigenvalue weighted by atomic mass is 10.2. The molecular weight excluding hydrogens is 507 g/mol. The Bertz CT molecular complexity index is 746. The number of hydrogen-bond acceptors (Lipinski definition) is 6. The van der Waals surface area contributed by atoms with Gasteiger partial charge in [0.2, 0.25) is 0 Å². The largest absolute Gasteiger partial charge is 0.469 e. The van der Waals surface area contributed by atoms with Crippen molar-refractivity contribution in [2.75, 3.05) is 64.8 Å². The molecule has 0 radical (unpaired) electrons. The lowest BCUT2D eigenvalue weighted by molar-refractivity contribution is 0.0394. The second-order valence-electron chi connectivity index (χ2n) is 7.92. The fourth-order valence-corrected chi connectivity index (χ4v) is 4.83. The third-order valence-corrected chi connectivity index (χ3v) is 7.89. The molecule has 0 aromatic carbocycles. The van der Waals surface area contributed by atoms with E-state index in [1.807, 2.05) is 12.1 Å². The van der Waals surface area contributed by atoms with Gasteiger partial charge in [-0.15, -0.1) is 24.0 Å². The number of ether oxygens (including phenoxy) is 1. The number of nitrogens with zero attached hydrogens (tertiary/aromatic N) is 3. The van der Waals surface area contributed by atoms with Crippen LogP contribution in [0.5, 0.6) is 0 Å². The lowest BCUT2D eigenvalue weighted by Crippen LogP contribution is -2.57. The van der Waals surface area contributed by atoms with Crippen LogP contribution >= 0.6 is 24.0 Å². The predicted molar refractivity (Wildman–Crippen MR) is 125 cm³/mol. The standard InChI is InChI=1S/C19H32N4O4S.HI/c1-19(2)16-23(11-15-28(19,24)25)18(20-6-5-17-4-3-12-27-17)21-7-8-22-9-13-26-14-10-22;/h3-4,12H,5-11,13-16H2,1-2H3,(H,20,21);1H. The fourth-order valence-electron chi connectivity index (χ4n) is 3.47. The molecule has 1 aromatic heterocycles. The summed E-state index contributed by atoms with van der Waals surface area (Å²) < 4.78 is 34.7. The van der Waals surface area contributed by atoms with Gasteiger partial charge in [-0.2, -0.15) is 0 Å². The van der Waals surface area contributed by atoms with Gasteiger partial charge in [0, 0.05) is 45.7 Å². The molecular formula is C19H33IN4O4S. The second-order valence-corrected chi connectivity index (χ2v) is 10.7. The van der Waals surface area contributed by atoms with Crippen molar-refractivity contribution in [1.29, 1.82) is 0 Å². The van der Waals surface area contributed by atoms with Gasteiger partial charge >= 0.3 is 0 Å². The maximum atomic E-state index is 12.3.